The normalized spacial score (nSPS) is 22.9. The molecule has 0 bridgehead atoms. The lowest BCUT2D eigenvalue weighted by Crippen LogP contribution is -2.39. The molecule has 8 nitrogen and oxygen atoms in total. The molecule has 1 N–H and O–H groups in total. The number of amides is 1. The Hall–Kier alpha value is -3.51. The molecule has 1 amide bonds. The van der Waals surface area contributed by atoms with E-state index in [1.807, 2.05) is 29.0 Å². The van der Waals surface area contributed by atoms with Crippen LogP contribution in [0.25, 0.3) is 5.65 Å². The Bertz CT molecular complexity index is 1300. The maximum Gasteiger partial charge on any atom is 0.254 e. The quantitative estimate of drug-likeness (QED) is 0.642. The van der Waals surface area contributed by atoms with E-state index in [0.717, 1.165) is 36.3 Å². The molecule has 0 radical (unpaired) electrons. The molecule has 34 heavy (non-hydrogen) atoms. The van der Waals surface area contributed by atoms with E-state index in [1.165, 1.54) is 12.1 Å². The highest BCUT2D eigenvalue weighted by Gasteiger charge is 2.34. The van der Waals surface area contributed by atoms with Crippen LogP contribution in [0, 0.1) is 36.9 Å². The van der Waals surface area contributed by atoms with Gasteiger partial charge in [-0.3, -0.25) is 4.79 Å². The minimum absolute atomic E-state index is 0.113. The van der Waals surface area contributed by atoms with Crippen molar-refractivity contribution >= 4 is 17.4 Å². The highest BCUT2D eigenvalue weighted by Crippen LogP contribution is 2.33. The number of rotatable bonds is 3. The second-order valence-corrected chi connectivity index (χ2v) is 9.30. The first-order chi connectivity index (χ1) is 16.4. The maximum atomic E-state index is 13.6. The number of hydrogen-bond acceptors (Lipinski definition) is 6. The summed E-state index contributed by atoms with van der Waals surface area (Å²) in [7, 11) is 0. The van der Waals surface area contributed by atoms with Gasteiger partial charge in [-0.2, -0.15) is 10.4 Å². The number of halogens is 1. The molecule has 2 aliphatic rings. The van der Waals surface area contributed by atoms with Crippen LogP contribution < -0.4 is 4.90 Å². The van der Waals surface area contributed by atoms with Gasteiger partial charge in [0.05, 0.1) is 29.8 Å². The first-order valence-electron chi connectivity index (χ1n) is 11.6. The minimum atomic E-state index is -0.695. The number of hydrogen-bond donors (Lipinski definition) is 1. The third kappa shape index (κ3) is 3.88. The lowest BCUT2D eigenvalue weighted by molar-refractivity contribution is 0.0605. The number of benzene rings is 1. The SMILES string of the molecule is Cc1cc(F)ccc1C(=O)N1CCCCC1c1cc2nc(N3CC(O)C(C#N)C3)c(C)cn2n1. The third-order valence-corrected chi connectivity index (χ3v) is 6.90. The van der Waals surface area contributed by atoms with Gasteiger partial charge < -0.3 is 14.9 Å². The standard InChI is InChI=1S/C25H27FN6O2/c1-15-9-18(26)6-7-19(15)25(34)31-8-4-3-5-21(31)20-10-23-28-24(16(2)12-32(23)29-20)30-13-17(11-27)22(33)14-30/h6-7,9-10,12,17,21-22,33H,3-5,8,13-14H2,1-2H3. The smallest absolute Gasteiger partial charge is 0.254 e. The van der Waals surface area contributed by atoms with Gasteiger partial charge in [-0.1, -0.05) is 0 Å². The number of aryl methyl sites for hydroxylation is 2. The number of carbonyl (C=O) groups excluding carboxylic acids is 1. The van der Waals surface area contributed by atoms with Gasteiger partial charge in [-0.25, -0.2) is 13.9 Å². The molecular formula is C25H27FN6O2. The summed E-state index contributed by atoms with van der Waals surface area (Å²) in [6, 6.07) is 8.14. The van der Waals surface area contributed by atoms with Gasteiger partial charge in [-0.05, 0) is 56.9 Å². The van der Waals surface area contributed by atoms with Gasteiger partial charge in [0.25, 0.3) is 5.91 Å². The van der Waals surface area contributed by atoms with E-state index in [1.54, 1.807) is 17.5 Å². The summed E-state index contributed by atoms with van der Waals surface area (Å²) in [5, 5.41) is 24.1. The Morgan fingerprint density at radius 2 is 2.03 bits per heavy atom. The second-order valence-electron chi connectivity index (χ2n) is 9.30. The van der Waals surface area contributed by atoms with Crippen molar-refractivity contribution in [3.05, 3.63) is 58.7 Å². The number of likely N-dealkylation sites (tertiary alicyclic amines) is 1. The summed E-state index contributed by atoms with van der Waals surface area (Å²) in [5.41, 5.74) is 3.45. The summed E-state index contributed by atoms with van der Waals surface area (Å²) < 4.78 is 15.3. The minimum Gasteiger partial charge on any atom is -0.390 e. The van der Waals surface area contributed by atoms with Crippen molar-refractivity contribution < 1.29 is 14.3 Å². The monoisotopic (exact) mass is 462 g/mol. The van der Waals surface area contributed by atoms with Crippen LogP contribution in [0.15, 0.2) is 30.5 Å². The van der Waals surface area contributed by atoms with E-state index in [-0.39, 0.29) is 17.8 Å². The zero-order valence-corrected chi connectivity index (χ0v) is 19.3. The Morgan fingerprint density at radius 3 is 2.76 bits per heavy atom. The number of carbonyl (C=O) groups is 1. The van der Waals surface area contributed by atoms with Crippen LogP contribution in [0.4, 0.5) is 10.2 Å². The number of aliphatic hydroxyl groups is 1. The number of β-amino-alcohol motifs (C(OH)–C–C–N with tert-alkyl or cyclic N) is 1. The predicted molar refractivity (Wildman–Crippen MR) is 124 cm³/mol. The molecule has 1 aromatic carbocycles. The molecule has 5 rings (SSSR count). The molecule has 4 heterocycles. The van der Waals surface area contributed by atoms with Crippen LogP contribution in [0.5, 0.6) is 0 Å². The molecule has 2 aliphatic heterocycles. The van der Waals surface area contributed by atoms with Crippen molar-refractivity contribution in [1.82, 2.24) is 19.5 Å². The zero-order chi connectivity index (χ0) is 24.0. The Kier molecular flexibility index (Phi) is 5.70. The number of aliphatic hydroxyl groups excluding tert-OH is 1. The van der Waals surface area contributed by atoms with Crippen molar-refractivity contribution in [3.63, 3.8) is 0 Å². The Labute approximate surface area is 197 Å². The average molecular weight is 463 g/mol. The van der Waals surface area contributed by atoms with Crippen molar-refractivity contribution in [2.24, 2.45) is 5.92 Å². The van der Waals surface area contributed by atoms with Gasteiger partial charge in [0.1, 0.15) is 11.6 Å². The molecule has 2 fully saturated rings. The van der Waals surface area contributed by atoms with Crippen molar-refractivity contribution in [1.29, 1.82) is 5.26 Å². The topological polar surface area (TPSA) is 97.8 Å². The van der Waals surface area contributed by atoms with E-state index < -0.39 is 12.0 Å². The van der Waals surface area contributed by atoms with Crippen molar-refractivity contribution in [2.45, 2.75) is 45.3 Å². The van der Waals surface area contributed by atoms with E-state index in [4.69, 9.17) is 10.1 Å². The third-order valence-electron chi connectivity index (χ3n) is 6.90. The maximum absolute atomic E-state index is 13.6. The zero-order valence-electron chi connectivity index (χ0n) is 19.3. The van der Waals surface area contributed by atoms with Crippen molar-refractivity contribution in [2.75, 3.05) is 24.5 Å². The van der Waals surface area contributed by atoms with Crippen molar-refractivity contribution in [3.8, 4) is 6.07 Å². The summed E-state index contributed by atoms with van der Waals surface area (Å²) in [4.78, 5) is 22.0. The predicted octanol–water partition coefficient (Wildman–Crippen LogP) is 3.17. The number of aromatic nitrogens is 3. The highest BCUT2D eigenvalue weighted by atomic mass is 19.1. The van der Waals surface area contributed by atoms with Gasteiger partial charge in [0.2, 0.25) is 0 Å². The first-order valence-corrected chi connectivity index (χ1v) is 11.6. The summed E-state index contributed by atoms with van der Waals surface area (Å²) >= 11 is 0. The van der Waals surface area contributed by atoms with Gasteiger partial charge in [0, 0.05) is 43.0 Å². The van der Waals surface area contributed by atoms with Gasteiger partial charge >= 0.3 is 0 Å². The molecule has 3 unspecified atom stereocenters. The highest BCUT2D eigenvalue weighted by molar-refractivity contribution is 5.96. The molecular weight excluding hydrogens is 435 g/mol. The molecule has 3 atom stereocenters. The largest absolute Gasteiger partial charge is 0.390 e. The van der Waals surface area contributed by atoms with Crippen LogP contribution in [-0.2, 0) is 0 Å². The van der Waals surface area contributed by atoms with E-state index in [2.05, 4.69) is 6.07 Å². The van der Waals surface area contributed by atoms with Crippen LogP contribution in [0.2, 0.25) is 0 Å². The molecule has 3 aromatic rings. The molecule has 9 heteroatoms. The number of nitriles is 1. The fraction of sp³-hybridized carbons (Fsp3) is 0.440. The van der Waals surface area contributed by atoms with Gasteiger partial charge in [-0.15, -0.1) is 0 Å². The van der Waals surface area contributed by atoms with Crippen LogP contribution in [0.1, 0.15) is 52.5 Å². The Morgan fingerprint density at radius 1 is 1.21 bits per heavy atom. The fourth-order valence-corrected chi connectivity index (χ4v) is 5.09. The average Bonchev–Trinajstić information content (AvgIpc) is 3.40. The molecule has 0 aliphatic carbocycles. The molecule has 176 valence electrons. The van der Waals surface area contributed by atoms with E-state index in [9.17, 15) is 19.6 Å². The second kappa shape index (κ2) is 8.69. The van der Waals surface area contributed by atoms with Crippen LogP contribution in [-0.4, -0.2) is 56.2 Å². The Balaban J connectivity index is 1.46. The van der Waals surface area contributed by atoms with Gasteiger partial charge in [0.15, 0.2) is 5.65 Å². The molecule has 2 saturated heterocycles. The van der Waals surface area contributed by atoms with E-state index in [0.29, 0.717) is 36.4 Å². The van der Waals surface area contributed by atoms with E-state index >= 15 is 0 Å². The molecule has 0 saturated carbocycles. The summed E-state index contributed by atoms with van der Waals surface area (Å²) in [6.45, 7) is 5.10. The lowest BCUT2D eigenvalue weighted by atomic mass is 9.97. The molecule has 0 spiro atoms. The number of nitrogens with zero attached hydrogens (tertiary/aromatic N) is 6. The summed E-state index contributed by atoms with van der Waals surface area (Å²) in [5.74, 6) is -0.171. The first kappa shape index (κ1) is 22.3. The van der Waals surface area contributed by atoms with Crippen LogP contribution >= 0.6 is 0 Å². The number of anilines is 1. The van der Waals surface area contributed by atoms with Crippen LogP contribution in [0.3, 0.4) is 0 Å². The molecule has 2 aromatic heterocycles. The number of fused-ring (bicyclic) bond motifs is 1. The lowest BCUT2D eigenvalue weighted by Gasteiger charge is -2.35. The summed E-state index contributed by atoms with van der Waals surface area (Å²) in [6.07, 6.45) is 3.90. The number of piperidine rings is 1. The fourth-order valence-electron chi connectivity index (χ4n) is 5.09.